The van der Waals surface area contributed by atoms with Crippen molar-refractivity contribution in [2.45, 2.75) is 26.8 Å². The van der Waals surface area contributed by atoms with Gasteiger partial charge in [0.05, 0.1) is 12.8 Å². The second kappa shape index (κ2) is 7.12. The minimum Gasteiger partial charge on any atom is -0.467 e. The first-order chi connectivity index (χ1) is 10.2. The van der Waals surface area contributed by atoms with Crippen LogP contribution in [-0.2, 0) is 6.54 Å². The van der Waals surface area contributed by atoms with Crippen LogP contribution < -0.4 is 11.1 Å². The molecule has 0 atom stereocenters. The Morgan fingerprint density at radius 1 is 1.52 bits per heavy atom. The molecule has 2 aromatic heterocycles. The van der Waals surface area contributed by atoms with E-state index in [1.165, 1.54) is 11.3 Å². The summed E-state index contributed by atoms with van der Waals surface area (Å²) in [5.74, 6) is 0.910. The number of hydrogen-bond donors (Lipinski definition) is 2. The van der Waals surface area contributed by atoms with E-state index in [1.807, 2.05) is 19.1 Å². The molecule has 2 heterocycles. The third-order valence-electron chi connectivity index (χ3n) is 2.97. The van der Waals surface area contributed by atoms with E-state index in [0.717, 1.165) is 18.7 Å². The number of carbonyl (C=O) groups excluding carboxylic acids is 1. The molecule has 21 heavy (non-hydrogen) atoms. The van der Waals surface area contributed by atoms with Crippen LogP contribution in [0.4, 0.5) is 10.9 Å². The molecule has 2 aromatic rings. The molecule has 0 saturated carbocycles. The maximum Gasteiger partial charge on any atom is 0.268 e. The number of nitrogens with one attached hydrogen (secondary N) is 1. The monoisotopic (exact) mass is 308 g/mol. The van der Waals surface area contributed by atoms with Gasteiger partial charge in [0.15, 0.2) is 5.13 Å². The fraction of sp³-hybridized carbons (Fsp3) is 0.429. The molecule has 0 unspecified atom stereocenters. The van der Waals surface area contributed by atoms with Crippen molar-refractivity contribution in [2.24, 2.45) is 0 Å². The predicted molar refractivity (Wildman–Crippen MR) is 84.4 cm³/mol. The zero-order valence-corrected chi connectivity index (χ0v) is 13.1. The highest BCUT2D eigenvalue weighted by Gasteiger charge is 2.22. The fourth-order valence-electron chi connectivity index (χ4n) is 1.85. The van der Waals surface area contributed by atoms with Crippen molar-refractivity contribution in [1.29, 1.82) is 0 Å². The highest BCUT2D eigenvalue weighted by atomic mass is 32.1. The van der Waals surface area contributed by atoms with E-state index in [1.54, 1.807) is 11.2 Å². The lowest BCUT2D eigenvalue weighted by Crippen LogP contribution is -2.30. The molecule has 0 spiro atoms. The van der Waals surface area contributed by atoms with Crippen LogP contribution in [0.15, 0.2) is 22.8 Å². The first-order valence-electron chi connectivity index (χ1n) is 6.97. The van der Waals surface area contributed by atoms with E-state index in [4.69, 9.17) is 10.2 Å². The summed E-state index contributed by atoms with van der Waals surface area (Å²) in [4.78, 5) is 18.9. The first kappa shape index (κ1) is 15.4. The summed E-state index contributed by atoms with van der Waals surface area (Å²) in [6.07, 6.45) is 2.59. The second-order valence-electron chi connectivity index (χ2n) is 4.56. The molecule has 7 heteroatoms. The average Bonchev–Trinajstić information content (AvgIpc) is 3.11. The lowest BCUT2D eigenvalue weighted by atomic mass is 10.3. The standard InChI is InChI=1S/C14H20N4O2S/c1-3-7-16-14-17-12(15)11(21-14)13(19)18(4-2)9-10-6-5-8-20-10/h5-6,8H,3-4,7,9,15H2,1-2H3,(H,16,17). The van der Waals surface area contributed by atoms with Crippen LogP contribution in [0.25, 0.3) is 0 Å². The summed E-state index contributed by atoms with van der Waals surface area (Å²) < 4.78 is 5.29. The second-order valence-corrected chi connectivity index (χ2v) is 5.56. The molecule has 1 amide bonds. The summed E-state index contributed by atoms with van der Waals surface area (Å²) in [7, 11) is 0. The van der Waals surface area contributed by atoms with Gasteiger partial charge < -0.3 is 20.4 Å². The number of rotatable bonds is 7. The number of amides is 1. The van der Waals surface area contributed by atoms with Gasteiger partial charge in [0, 0.05) is 13.1 Å². The Hall–Kier alpha value is -2.02. The molecule has 0 aliphatic heterocycles. The first-order valence-corrected chi connectivity index (χ1v) is 7.79. The Morgan fingerprint density at radius 3 is 2.95 bits per heavy atom. The molecule has 0 aliphatic carbocycles. The maximum atomic E-state index is 12.6. The number of nitrogen functional groups attached to an aromatic ring is 1. The van der Waals surface area contributed by atoms with Gasteiger partial charge in [0.1, 0.15) is 16.5 Å². The Balaban J connectivity index is 2.11. The summed E-state index contributed by atoms with van der Waals surface area (Å²) in [5.41, 5.74) is 5.87. The summed E-state index contributed by atoms with van der Waals surface area (Å²) in [6.45, 7) is 5.81. The molecule has 114 valence electrons. The van der Waals surface area contributed by atoms with Crippen molar-refractivity contribution in [1.82, 2.24) is 9.88 Å². The summed E-state index contributed by atoms with van der Waals surface area (Å²) in [5, 5.41) is 3.84. The zero-order valence-electron chi connectivity index (χ0n) is 12.3. The number of nitrogens with zero attached hydrogens (tertiary/aromatic N) is 2. The van der Waals surface area contributed by atoms with Crippen molar-refractivity contribution in [3.05, 3.63) is 29.0 Å². The van der Waals surface area contributed by atoms with Gasteiger partial charge in [0.25, 0.3) is 5.91 Å². The largest absolute Gasteiger partial charge is 0.467 e. The van der Waals surface area contributed by atoms with Crippen molar-refractivity contribution in [3.8, 4) is 0 Å². The van der Waals surface area contributed by atoms with Crippen molar-refractivity contribution in [3.63, 3.8) is 0 Å². The number of aromatic nitrogens is 1. The smallest absolute Gasteiger partial charge is 0.268 e. The van der Waals surface area contributed by atoms with E-state index in [-0.39, 0.29) is 11.7 Å². The van der Waals surface area contributed by atoms with Crippen molar-refractivity contribution in [2.75, 3.05) is 24.1 Å². The maximum absolute atomic E-state index is 12.6. The van der Waals surface area contributed by atoms with Crippen LogP contribution >= 0.6 is 11.3 Å². The number of thiazole rings is 1. The zero-order chi connectivity index (χ0) is 15.2. The number of furan rings is 1. The molecular weight excluding hydrogens is 288 g/mol. The van der Waals surface area contributed by atoms with Crippen molar-refractivity contribution >= 4 is 28.2 Å². The molecule has 2 rings (SSSR count). The Labute approximate surface area is 128 Å². The van der Waals surface area contributed by atoms with E-state index in [0.29, 0.717) is 23.1 Å². The highest BCUT2D eigenvalue weighted by molar-refractivity contribution is 7.18. The van der Waals surface area contributed by atoms with Crippen LogP contribution in [-0.4, -0.2) is 28.9 Å². The molecule has 6 nitrogen and oxygen atoms in total. The van der Waals surface area contributed by atoms with E-state index in [9.17, 15) is 4.79 Å². The van der Waals surface area contributed by atoms with Gasteiger partial charge in [-0.05, 0) is 25.5 Å². The number of hydrogen-bond acceptors (Lipinski definition) is 6. The third-order valence-corrected chi connectivity index (χ3v) is 3.99. The minimum absolute atomic E-state index is 0.117. The Morgan fingerprint density at radius 2 is 2.33 bits per heavy atom. The van der Waals surface area contributed by atoms with Crippen LogP contribution in [0.1, 0.15) is 35.7 Å². The Kier molecular flexibility index (Phi) is 5.21. The molecule has 0 saturated heterocycles. The predicted octanol–water partition coefficient (Wildman–Crippen LogP) is 2.80. The quantitative estimate of drug-likeness (QED) is 0.821. The molecule has 0 aromatic carbocycles. The molecule has 0 radical (unpaired) electrons. The minimum atomic E-state index is -0.117. The lowest BCUT2D eigenvalue weighted by molar-refractivity contribution is 0.0747. The summed E-state index contributed by atoms with van der Waals surface area (Å²) in [6, 6.07) is 3.65. The van der Waals surface area contributed by atoms with Gasteiger partial charge in [-0.25, -0.2) is 4.98 Å². The normalized spacial score (nSPS) is 10.6. The van der Waals surface area contributed by atoms with Gasteiger partial charge in [-0.2, -0.15) is 0 Å². The topological polar surface area (TPSA) is 84.4 Å². The van der Waals surface area contributed by atoms with Crippen LogP contribution in [0.5, 0.6) is 0 Å². The van der Waals surface area contributed by atoms with Crippen LogP contribution in [0, 0.1) is 0 Å². The van der Waals surface area contributed by atoms with Gasteiger partial charge in [-0.15, -0.1) is 0 Å². The fourth-order valence-corrected chi connectivity index (χ4v) is 2.73. The molecule has 0 fully saturated rings. The highest BCUT2D eigenvalue weighted by Crippen LogP contribution is 2.26. The third kappa shape index (κ3) is 3.75. The SMILES string of the molecule is CCCNc1nc(N)c(C(=O)N(CC)Cc2ccco2)s1. The molecular formula is C14H20N4O2S. The molecule has 0 aliphatic rings. The van der Waals surface area contributed by atoms with E-state index < -0.39 is 0 Å². The van der Waals surface area contributed by atoms with Crippen LogP contribution in [0.2, 0.25) is 0 Å². The van der Waals surface area contributed by atoms with Gasteiger partial charge >= 0.3 is 0 Å². The average molecular weight is 308 g/mol. The number of nitrogens with two attached hydrogens (primary N) is 1. The van der Waals surface area contributed by atoms with Gasteiger partial charge in [0.2, 0.25) is 0 Å². The number of carbonyl (C=O) groups is 1. The Bertz CT molecular complexity index is 580. The summed E-state index contributed by atoms with van der Waals surface area (Å²) >= 11 is 1.29. The van der Waals surface area contributed by atoms with Crippen LogP contribution in [0.3, 0.4) is 0 Å². The number of anilines is 2. The van der Waals surface area contributed by atoms with Gasteiger partial charge in [-0.1, -0.05) is 18.3 Å². The van der Waals surface area contributed by atoms with Gasteiger partial charge in [-0.3, -0.25) is 4.79 Å². The van der Waals surface area contributed by atoms with E-state index >= 15 is 0 Å². The molecule has 3 N–H and O–H groups in total. The van der Waals surface area contributed by atoms with Crippen molar-refractivity contribution < 1.29 is 9.21 Å². The lowest BCUT2D eigenvalue weighted by Gasteiger charge is -2.18. The molecule has 0 bridgehead atoms. The van der Waals surface area contributed by atoms with E-state index in [2.05, 4.69) is 17.2 Å².